The van der Waals surface area contributed by atoms with Gasteiger partial charge in [0.05, 0.1) is 5.02 Å². The van der Waals surface area contributed by atoms with Crippen LogP contribution in [0.5, 0.6) is 0 Å². The van der Waals surface area contributed by atoms with Crippen LogP contribution in [0.15, 0.2) is 41.3 Å². The minimum Gasteiger partial charge on any atom is -0.322 e. The number of anilines is 1. The molecule has 1 amide bonds. The number of hydrogen-bond donors (Lipinski definition) is 1. The number of fused-ring (bicyclic) bond motifs is 1. The summed E-state index contributed by atoms with van der Waals surface area (Å²) < 4.78 is 28.3. The van der Waals surface area contributed by atoms with Crippen LogP contribution in [-0.4, -0.2) is 47.5 Å². The molecule has 174 valence electrons. The van der Waals surface area contributed by atoms with E-state index in [0.717, 1.165) is 52.9 Å². The van der Waals surface area contributed by atoms with Crippen LogP contribution in [0.2, 0.25) is 5.02 Å². The van der Waals surface area contributed by atoms with E-state index in [1.165, 1.54) is 38.7 Å². The number of nitrogens with one attached hydrogen (secondary N) is 1. The third-order valence-corrected chi connectivity index (χ3v) is 8.10. The fourth-order valence-electron chi connectivity index (χ4n) is 3.83. The molecule has 1 aliphatic heterocycles. The molecule has 0 unspecified atom stereocenters. The monoisotopic (exact) mass is 487 g/mol. The Kier molecular flexibility index (Phi) is 6.56. The fourth-order valence-corrected chi connectivity index (χ4v) is 5.22. The summed E-state index contributed by atoms with van der Waals surface area (Å²) in [5.74, 6) is 1.35. The normalized spacial score (nSPS) is 14.1. The predicted octanol–water partition coefficient (Wildman–Crippen LogP) is 4.14. The van der Waals surface area contributed by atoms with E-state index in [-0.39, 0.29) is 15.5 Å². The second-order valence-corrected chi connectivity index (χ2v) is 10.8. The number of aromatic nitrogens is 3. The van der Waals surface area contributed by atoms with E-state index in [1.807, 2.05) is 25.1 Å². The first-order valence-electron chi connectivity index (χ1n) is 10.7. The van der Waals surface area contributed by atoms with E-state index in [0.29, 0.717) is 5.69 Å². The Hall–Kier alpha value is -2.75. The highest BCUT2D eigenvalue weighted by atomic mass is 35.5. The van der Waals surface area contributed by atoms with Crippen LogP contribution in [0.3, 0.4) is 0 Å². The number of sulfonamides is 1. The molecule has 33 heavy (non-hydrogen) atoms. The zero-order valence-corrected chi connectivity index (χ0v) is 20.4. The summed E-state index contributed by atoms with van der Waals surface area (Å²) in [7, 11) is -0.959. The molecule has 0 radical (unpaired) electrons. The molecule has 1 N–H and O–H groups in total. The van der Waals surface area contributed by atoms with Crippen LogP contribution in [0.4, 0.5) is 5.69 Å². The lowest BCUT2D eigenvalue weighted by molar-refractivity contribution is 0.102. The van der Waals surface area contributed by atoms with Crippen LogP contribution in [0.1, 0.15) is 41.0 Å². The van der Waals surface area contributed by atoms with Gasteiger partial charge in [-0.05, 0) is 49.6 Å². The number of nitrogens with zero attached hydrogens (tertiary/aromatic N) is 4. The molecule has 4 rings (SSSR count). The molecule has 2 aromatic carbocycles. The third kappa shape index (κ3) is 4.66. The van der Waals surface area contributed by atoms with Gasteiger partial charge in [0.25, 0.3) is 5.91 Å². The predicted molar refractivity (Wildman–Crippen MR) is 128 cm³/mol. The van der Waals surface area contributed by atoms with Gasteiger partial charge in [0.2, 0.25) is 10.0 Å². The smallest absolute Gasteiger partial charge is 0.255 e. The highest BCUT2D eigenvalue weighted by molar-refractivity contribution is 7.89. The molecule has 0 fully saturated rings. The summed E-state index contributed by atoms with van der Waals surface area (Å²) in [6.07, 6.45) is 4.28. The maximum atomic E-state index is 13.0. The number of rotatable bonds is 5. The lowest BCUT2D eigenvalue weighted by Gasteiger charge is -2.15. The minimum atomic E-state index is -3.79. The molecule has 1 aromatic heterocycles. The molecule has 10 heteroatoms. The van der Waals surface area contributed by atoms with E-state index in [4.69, 9.17) is 11.6 Å². The maximum absolute atomic E-state index is 13.0. The van der Waals surface area contributed by atoms with Gasteiger partial charge in [0.1, 0.15) is 10.7 Å². The van der Waals surface area contributed by atoms with Crippen molar-refractivity contribution in [3.05, 3.63) is 58.4 Å². The van der Waals surface area contributed by atoms with Crippen molar-refractivity contribution in [3.63, 3.8) is 0 Å². The summed E-state index contributed by atoms with van der Waals surface area (Å²) in [6, 6.07) is 9.99. The number of hydrogen-bond acceptors (Lipinski definition) is 5. The van der Waals surface area contributed by atoms with Crippen molar-refractivity contribution in [1.82, 2.24) is 19.1 Å². The second kappa shape index (κ2) is 9.24. The molecular weight excluding hydrogens is 462 g/mol. The lowest BCUT2D eigenvalue weighted by atomic mass is 10.1. The van der Waals surface area contributed by atoms with Crippen LogP contribution in [0.25, 0.3) is 11.4 Å². The third-order valence-electron chi connectivity index (χ3n) is 5.81. The van der Waals surface area contributed by atoms with Gasteiger partial charge in [0.15, 0.2) is 5.82 Å². The van der Waals surface area contributed by atoms with Gasteiger partial charge in [-0.1, -0.05) is 30.2 Å². The summed E-state index contributed by atoms with van der Waals surface area (Å²) in [5, 5.41) is 11.7. The highest BCUT2D eigenvalue weighted by Gasteiger charge is 2.23. The lowest BCUT2D eigenvalue weighted by Crippen LogP contribution is -2.23. The van der Waals surface area contributed by atoms with Crippen molar-refractivity contribution in [2.75, 3.05) is 19.4 Å². The molecule has 0 saturated heterocycles. The van der Waals surface area contributed by atoms with Crippen molar-refractivity contribution in [2.24, 2.45) is 0 Å². The quantitative estimate of drug-likeness (QED) is 0.583. The molecule has 8 nitrogen and oxygen atoms in total. The van der Waals surface area contributed by atoms with Crippen molar-refractivity contribution in [2.45, 2.75) is 44.0 Å². The van der Waals surface area contributed by atoms with Gasteiger partial charge in [-0.15, -0.1) is 10.2 Å². The SMILES string of the molecule is Cc1ccc(-c2nnc3n2CCCCC3)cc1NC(=O)c1ccc(Cl)c(S(=O)(=O)N(C)C)c1. The first-order chi connectivity index (χ1) is 15.7. The number of carbonyl (C=O) groups excluding carboxylic acids is 1. The molecule has 0 spiro atoms. The van der Waals surface area contributed by atoms with Crippen LogP contribution in [-0.2, 0) is 23.0 Å². The van der Waals surface area contributed by atoms with Crippen molar-refractivity contribution in [3.8, 4) is 11.4 Å². The number of amides is 1. The highest BCUT2D eigenvalue weighted by Crippen LogP contribution is 2.28. The Morgan fingerprint density at radius 1 is 1.09 bits per heavy atom. The Labute approximate surface area is 198 Å². The van der Waals surface area contributed by atoms with Gasteiger partial charge in [-0.25, -0.2) is 12.7 Å². The minimum absolute atomic E-state index is 0.0610. The van der Waals surface area contributed by atoms with Gasteiger partial charge in [0, 0.05) is 43.9 Å². The van der Waals surface area contributed by atoms with Crippen LogP contribution < -0.4 is 5.32 Å². The molecule has 3 aromatic rings. The average molecular weight is 488 g/mol. The van der Waals surface area contributed by atoms with E-state index in [1.54, 1.807) is 0 Å². The number of halogens is 1. The van der Waals surface area contributed by atoms with E-state index < -0.39 is 15.9 Å². The summed E-state index contributed by atoms with van der Waals surface area (Å²) in [5.41, 5.74) is 2.55. The van der Waals surface area contributed by atoms with Gasteiger partial charge in [-0.2, -0.15) is 0 Å². The number of carbonyl (C=O) groups is 1. The Balaban J connectivity index is 1.65. The van der Waals surface area contributed by atoms with Gasteiger partial charge < -0.3 is 9.88 Å². The average Bonchev–Trinajstić information content (AvgIpc) is 3.03. The standard InChI is InChI=1S/C23H26ClN5O3S/c1-15-8-9-16(22-27-26-21-7-5-4-6-12-29(21)22)13-19(15)25-23(30)17-10-11-18(24)20(14-17)33(31,32)28(2)3/h8-11,13-14H,4-7,12H2,1-3H3,(H,25,30). The van der Waals surface area contributed by atoms with Gasteiger partial charge in [-0.3, -0.25) is 4.79 Å². The molecule has 0 aliphatic carbocycles. The van der Waals surface area contributed by atoms with Crippen molar-refractivity contribution < 1.29 is 13.2 Å². The van der Waals surface area contributed by atoms with Crippen molar-refractivity contribution >= 4 is 33.2 Å². The summed E-state index contributed by atoms with van der Waals surface area (Å²) in [6.45, 7) is 2.77. The summed E-state index contributed by atoms with van der Waals surface area (Å²) in [4.78, 5) is 12.9. The number of benzene rings is 2. The Bertz CT molecular complexity index is 1320. The van der Waals surface area contributed by atoms with Crippen LogP contribution >= 0.6 is 11.6 Å². The first-order valence-corrected chi connectivity index (χ1v) is 12.6. The van der Waals surface area contributed by atoms with Crippen molar-refractivity contribution in [1.29, 1.82) is 0 Å². The molecule has 0 saturated carbocycles. The molecule has 0 atom stereocenters. The zero-order chi connectivity index (χ0) is 23.8. The Morgan fingerprint density at radius 3 is 2.64 bits per heavy atom. The van der Waals surface area contributed by atoms with Gasteiger partial charge >= 0.3 is 0 Å². The van der Waals surface area contributed by atoms with E-state index >= 15 is 0 Å². The first kappa shape index (κ1) is 23.4. The molecule has 0 bridgehead atoms. The fraction of sp³-hybridized carbons (Fsp3) is 0.348. The topological polar surface area (TPSA) is 97.2 Å². The summed E-state index contributed by atoms with van der Waals surface area (Å²) >= 11 is 6.11. The van der Waals surface area contributed by atoms with Crippen LogP contribution in [0, 0.1) is 6.92 Å². The molecule has 1 aliphatic rings. The largest absolute Gasteiger partial charge is 0.322 e. The van der Waals surface area contributed by atoms with E-state index in [2.05, 4.69) is 20.1 Å². The number of aryl methyl sites for hydroxylation is 2. The molecule has 2 heterocycles. The second-order valence-electron chi connectivity index (χ2n) is 8.32. The van der Waals surface area contributed by atoms with E-state index in [9.17, 15) is 13.2 Å². The molecular formula is C23H26ClN5O3S. The Morgan fingerprint density at radius 2 is 1.88 bits per heavy atom. The zero-order valence-electron chi connectivity index (χ0n) is 18.8. The maximum Gasteiger partial charge on any atom is 0.255 e.